The standard InChI is InChI=1S/C11H10ClFO2/c12-9-2-1-8(13)5-7(9)6-11(3-4-11)10(14)15/h1-2,5H,3-4,6H2,(H,14,15). The molecule has 0 atom stereocenters. The molecule has 1 fully saturated rings. The van der Waals surface area contributed by atoms with Crippen LogP contribution in [0.4, 0.5) is 4.39 Å². The number of benzene rings is 1. The fraction of sp³-hybridized carbons (Fsp3) is 0.364. The van der Waals surface area contributed by atoms with Gasteiger partial charge in [-0.05, 0) is 43.0 Å². The molecule has 0 spiro atoms. The summed E-state index contributed by atoms with van der Waals surface area (Å²) in [7, 11) is 0. The molecule has 1 aliphatic rings. The maximum Gasteiger partial charge on any atom is 0.309 e. The normalized spacial score (nSPS) is 17.5. The first-order chi connectivity index (χ1) is 7.03. The van der Waals surface area contributed by atoms with Crippen molar-refractivity contribution in [1.82, 2.24) is 0 Å². The van der Waals surface area contributed by atoms with Crippen molar-refractivity contribution in [2.75, 3.05) is 0 Å². The monoisotopic (exact) mass is 228 g/mol. The predicted molar refractivity (Wildman–Crippen MR) is 54.4 cm³/mol. The van der Waals surface area contributed by atoms with E-state index >= 15 is 0 Å². The van der Waals surface area contributed by atoms with Crippen LogP contribution in [0.5, 0.6) is 0 Å². The van der Waals surface area contributed by atoms with E-state index in [9.17, 15) is 9.18 Å². The maximum atomic E-state index is 12.9. The number of hydrogen-bond donors (Lipinski definition) is 1. The summed E-state index contributed by atoms with van der Waals surface area (Å²) in [6.07, 6.45) is 1.61. The van der Waals surface area contributed by atoms with E-state index in [2.05, 4.69) is 0 Å². The second-order valence-corrected chi connectivity index (χ2v) is 4.41. The third-order valence-corrected chi connectivity index (χ3v) is 3.21. The lowest BCUT2D eigenvalue weighted by molar-refractivity contribution is -0.143. The molecule has 0 aromatic heterocycles. The van der Waals surface area contributed by atoms with Crippen molar-refractivity contribution in [3.05, 3.63) is 34.6 Å². The van der Waals surface area contributed by atoms with Crippen LogP contribution in [0.3, 0.4) is 0 Å². The molecule has 2 nitrogen and oxygen atoms in total. The van der Waals surface area contributed by atoms with E-state index in [0.29, 0.717) is 29.8 Å². The van der Waals surface area contributed by atoms with Crippen LogP contribution in [0.15, 0.2) is 18.2 Å². The van der Waals surface area contributed by atoms with Crippen LogP contribution in [0, 0.1) is 11.2 Å². The fourth-order valence-corrected chi connectivity index (χ4v) is 1.84. The molecule has 0 amide bonds. The summed E-state index contributed by atoms with van der Waals surface area (Å²) in [5.41, 5.74) is -0.117. The Morgan fingerprint density at radius 3 is 2.73 bits per heavy atom. The Balaban J connectivity index is 2.24. The summed E-state index contributed by atoms with van der Waals surface area (Å²) in [5, 5.41) is 9.42. The van der Waals surface area contributed by atoms with E-state index in [0.717, 1.165) is 0 Å². The molecule has 0 heterocycles. The first-order valence-electron chi connectivity index (χ1n) is 4.71. The maximum absolute atomic E-state index is 12.9. The van der Waals surface area contributed by atoms with Gasteiger partial charge in [-0.2, -0.15) is 0 Å². The highest BCUT2D eigenvalue weighted by Gasteiger charge is 2.50. The molecule has 1 aliphatic carbocycles. The molecule has 1 aromatic carbocycles. The Bertz CT molecular complexity index is 413. The highest BCUT2D eigenvalue weighted by atomic mass is 35.5. The third kappa shape index (κ3) is 1.97. The first kappa shape index (κ1) is 10.4. The molecule has 4 heteroatoms. The zero-order chi connectivity index (χ0) is 11.1. The van der Waals surface area contributed by atoms with Crippen molar-refractivity contribution < 1.29 is 14.3 Å². The summed E-state index contributed by atoms with van der Waals surface area (Å²) in [6, 6.07) is 4.04. The van der Waals surface area contributed by atoms with E-state index in [-0.39, 0.29) is 5.82 Å². The summed E-state index contributed by atoms with van der Waals surface area (Å²) < 4.78 is 12.9. The van der Waals surface area contributed by atoms with Gasteiger partial charge in [-0.15, -0.1) is 0 Å². The molecule has 1 saturated carbocycles. The van der Waals surface area contributed by atoms with Crippen LogP contribution in [0.2, 0.25) is 5.02 Å². The van der Waals surface area contributed by atoms with E-state index in [4.69, 9.17) is 16.7 Å². The fourth-order valence-electron chi connectivity index (χ4n) is 1.66. The lowest BCUT2D eigenvalue weighted by atomic mass is 9.96. The Labute approximate surface area is 91.7 Å². The van der Waals surface area contributed by atoms with Crippen molar-refractivity contribution >= 4 is 17.6 Å². The van der Waals surface area contributed by atoms with E-state index in [1.807, 2.05) is 0 Å². The Hall–Kier alpha value is -1.09. The van der Waals surface area contributed by atoms with Gasteiger partial charge in [-0.1, -0.05) is 11.6 Å². The van der Waals surface area contributed by atoms with Gasteiger partial charge in [0.05, 0.1) is 5.41 Å². The lowest BCUT2D eigenvalue weighted by Crippen LogP contribution is -2.17. The van der Waals surface area contributed by atoms with Crippen LogP contribution < -0.4 is 0 Å². The average molecular weight is 229 g/mol. The zero-order valence-corrected chi connectivity index (χ0v) is 8.72. The number of carboxylic acid groups (broad SMARTS) is 1. The largest absolute Gasteiger partial charge is 0.481 e. The van der Waals surface area contributed by atoms with Crippen molar-refractivity contribution in [3.8, 4) is 0 Å². The minimum atomic E-state index is -0.817. The summed E-state index contributed by atoms with van der Waals surface area (Å²) in [6.45, 7) is 0. The second-order valence-electron chi connectivity index (χ2n) is 4.00. The molecule has 0 radical (unpaired) electrons. The number of rotatable bonds is 3. The average Bonchev–Trinajstić information content (AvgIpc) is 2.92. The zero-order valence-electron chi connectivity index (χ0n) is 7.96. The quantitative estimate of drug-likeness (QED) is 0.864. The number of carboxylic acids is 1. The summed E-state index contributed by atoms with van der Waals surface area (Å²) in [4.78, 5) is 10.9. The minimum absolute atomic E-state index is 0.318. The number of aliphatic carboxylic acids is 1. The van der Waals surface area contributed by atoms with E-state index in [1.165, 1.54) is 18.2 Å². The Kier molecular flexibility index (Phi) is 2.43. The topological polar surface area (TPSA) is 37.3 Å². The number of hydrogen-bond acceptors (Lipinski definition) is 1. The highest BCUT2D eigenvalue weighted by molar-refractivity contribution is 6.31. The first-order valence-corrected chi connectivity index (χ1v) is 5.09. The van der Waals surface area contributed by atoms with Crippen LogP contribution in [0.25, 0.3) is 0 Å². The van der Waals surface area contributed by atoms with Gasteiger partial charge in [-0.25, -0.2) is 4.39 Å². The van der Waals surface area contributed by atoms with Crippen LogP contribution in [-0.2, 0) is 11.2 Å². The second kappa shape index (κ2) is 3.49. The van der Waals surface area contributed by atoms with Crippen LogP contribution >= 0.6 is 11.6 Å². The van der Waals surface area contributed by atoms with Crippen LogP contribution in [0.1, 0.15) is 18.4 Å². The van der Waals surface area contributed by atoms with Crippen molar-refractivity contribution in [1.29, 1.82) is 0 Å². The van der Waals surface area contributed by atoms with Gasteiger partial charge in [0.1, 0.15) is 5.82 Å². The van der Waals surface area contributed by atoms with Crippen molar-refractivity contribution in [2.24, 2.45) is 5.41 Å². The molecule has 15 heavy (non-hydrogen) atoms. The lowest BCUT2D eigenvalue weighted by Gasteiger charge is -2.10. The van der Waals surface area contributed by atoms with E-state index in [1.54, 1.807) is 0 Å². The molecular formula is C11H10ClFO2. The Morgan fingerprint density at radius 1 is 1.53 bits per heavy atom. The molecule has 1 aromatic rings. The minimum Gasteiger partial charge on any atom is -0.481 e. The van der Waals surface area contributed by atoms with Gasteiger partial charge < -0.3 is 5.11 Å². The van der Waals surface area contributed by atoms with Gasteiger partial charge >= 0.3 is 5.97 Å². The molecule has 0 bridgehead atoms. The van der Waals surface area contributed by atoms with Gasteiger partial charge in [0.2, 0.25) is 0 Å². The summed E-state index contributed by atoms with van der Waals surface area (Å²) in [5.74, 6) is -1.20. The van der Waals surface area contributed by atoms with Gasteiger partial charge in [0.15, 0.2) is 0 Å². The molecule has 0 aliphatic heterocycles. The molecule has 2 rings (SSSR count). The number of halogens is 2. The number of carbonyl (C=O) groups is 1. The Morgan fingerprint density at radius 2 is 2.20 bits per heavy atom. The highest BCUT2D eigenvalue weighted by Crippen LogP contribution is 2.49. The van der Waals surface area contributed by atoms with Gasteiger partial charge in [0.25, 0.3) is 0 Å². The molecule has 0 unspecified atom stereocenters. The van der Waals surface area contributed by atoms with Gasteiger partial charge in [-0.3, -0.25) is 4.79 Å². The predicted octanol–water partition coefficient (Wildman–Crippen LogP) is 2.89. The SMILES string of the molecule is O=C(O)C1(Cc2cc(F)ccc2Cl)CC1. The van der Waals surface area contributed by atoms with Gasteiger partial charge in [0, 0.05) is 5.02 Å². The van der Waals surface area contributed by atoms with Crippen LogP contribution in [-0.4, -0.2) is 11.1 Å². The van der Waals surface area contributed by atoms with Crippen molar-refractivity contribution in [3.63, 3.8) is 0 Å². The smallest absolute Gasteiger partial charge is 0.309 e. The van der Waals surface area contributed by atoms with Crippen molar-refractivity contribution in [2.45, 2.75) is 19.3 Å². The molecular weight excluding hydrogens is 219 g/mol. The molecule has 0 saturated heterocycles. The summed E-state index contributed by atoms with van der Waals surface area (Å²) >= 11 is 5.88. The molecule has 1 N–H and O–H groups in total. The molecule has 80 valence electrons. The third-order valence-electron chi connectivity index (χ3n) is 2.84. The van der Waals surface area contributed by atoms with E-state index < -0.39 is 11.4 Å².